The number of hydrogen-bond acceptors (Lipinski definition) is 6. The van der Waals surface area contributed by atoms with E-state index in [1.54, 1.807) is 35.7 Å². The fourth-order valence-corrected chi connectivity index (χ4v) is 3.50. The highest BCUT2D eigenvalue weighted by Gasteiger charge is 2.36. The minimum Gasteiger partial charge on any atom is -0.495 e. The maximum atomic E-state index is 13.6. The topological polar surface area (TPSA) is 81.4 Å². The Morgan fingerprint density at radius 3 is 2.67 bits per heavy atom. The third kappa shape index (κ3) is 3.71. The second-order valence-electron chi connectivity index (χ2n) is 6.31. The lowest BCUT2D eigenvalue weighted by molar-refractivity contribution is -0.142. The van der Waals surface area contributed by atoms with Gasteiger partial charge in [0.25, 0.3) is 11.7 Å². The molecule has 1 aromatic carbocycles. The molecule has 0 aliphatic carbocycles. The number of amides is 1. The Kier molecular flexibility index (Phi) is 4.90. The second-order valence-corrected chi connectivity index (χ2v) is 7.25. The number of aromatic nitrogens is 4. The number of halogens is 3. The molecule has 0 atom stereocenters. The average Bonchev–Trinajstić information content (AvgIpc) is 3.36. The van der Waals surface area contributed by atoms with Crippen molar-refractivity contribution in [2.45, 2.75) is 13.1 Å². The van der Waals surface area contributed by atoms with Gasteiger partial charge in [0.05, 0.1) is 23.4 Å². The van der Waals surface area contributed by atoms with Crippen LogP contribution in [-0.4, -0.2) is 32.6 Å². The zero-order valence-electron chi connectivity index (χ0n) is 15.7. The third-order valence-electron chi connectivity index (χ3n) is 4.18. The maximum Gasteiger partial charge on any atom is 0.433 e. The molecule has 0 spiro atoms. The molecule has 3 heterocycles. The molecule has 1 amide bonds. The first kappa shape index (κ1) is 19.8. The van der Waals surface area contributed by atoms with Gasteiger partial charge in [0.1, 0.15) is 5.75 Å². The molecule has 3 aromatic heterocycles. The Hall–Kier alpha value is -3.47. The summed E-state index contributed by atoms with van der Waals surface area (Å²) < 4.78 is 46.6. The molecule has 0 bridgehead atoms. The molecular formula is C19H14F3N5O2S. The molecule has 11 heteroatoms. The van der Waals surface area contributed by atoms with E-state index < -0.39 is 23.6 Å². The predicted molar refractivity (Wildman–Crippen MR) is 105 cm³/mol. The van der Waals surface area contributed by atoms with Gasteiger partial charge in [-0.3, -0.25) is 4.79 Å². The number of fused-ring (bicyclic) bond motifs is 1. The molecule has 0 radical (unpaired) electrons. The zero-order chi connectivity index (χ0) is 21.5. The Labute approximate surface area is 172 Å². The van der Waals surface area contributed by atoms with Crippen molar-refractivity contribution in [3.8, 4) is 16.3 Å². The van der Waals surface area contributed by atoms with Crippen LogP contribution >= 0.6 is 11.3 Å². The molecule has 0 saturated heterocycles. The van der Waals surface area contributed by atoms with Crippen molar-refractivity contribution >= 4 is 28.7 Å². The minimum absolute atomic E-state index is 0.101. The number of thiophene rings is 1. The standard InChI is InChI=1S/C19H14F3N5O2S/c1-10-5-6-13(29-2)11(8-10)23-17(28)16-25-18-24-12(14-4-3-7-30-14)9-15(19(20,21)22)27(18)26-16/h3-9H,1-2H3,(H,23,28). The van der Waals surface area contributed by atoms with Crippen molar-refractivity contribution < 1.29 is 22.7 Å². The van der Waals surface area contributed by atoms with Crippen molar-refractivity contribution in [1.82, 2.24) is 19.6 Å². The number of nitrogens with one attached hydrogen (secondary N) is 1. The van der Waals surface area contributed by atoms with Crippen LogP contribution in [0.2, 0.25) is 0 Å². The van der Waals surface area contributed by atoms with Crippen LogP contribution < -0.4 is 10.1 Å². The number of carbonyl (C=O) groups excluding carboxylic acids is 1. The summed E-state index contributed by atoms with van der Waals surface area (Å²) in [6.07, 6.45) is -4.71. The number of anilines is 1. The van der Waals surface area contributed by atoms with E-state index in [1.165, 1.54) is 18.4 Å². The third-order valence-corrected chi connectivity index (χ3v) is 5.07. The molecule has 0 saturated carbocycles. The van der Waals surface area contributed by atoms with Crippen molar-refractivity contribution in [2.24, 2.45) is 0 Å². The van der Waals surface area contributed by atoms with E-state index in [9.17, 15) is 18.0 Å². The molecular weight excluding hydrogens is 419 g/mol. The molecule has 0 aliphatic heterocycles. The van der Waals surface area contributed by atoms with E-state index in [0.717, 1.165) is 11.6 Å². The molecule has 30 heavy (non-hydrogen) atoms. The van der Waals surface area contributed by atoms with Gasteiger partial charge >= 0.3 is 6.18 Å². The largest absolute Gasteiger partial charge is 0.495 e. The lowest BCUT2D eigenvalue weighted by atomic mass is 10.2. The average molecular weight is 433 g/mol. The Morgan fingerprint density at radius 2 is 2.00 bits per heavy atom. The number of rotatable bonds is 4. The van der Waals surface area contributed by atoms with Crippen LogP contribution in [0, 0.1) is 6.92 Å². The highest BCUT2D eigenvalue weighted by Crippen LogP contribution is 2.33. The summed E-state index contributed by atoms with van der Waals surface area (Å²) in [6.45, 7) is 1.82. The number of ether oxygens (including phenoxy) is 1. The maximum absolute atomic E-state index is 13.6. The first-order valence-electron chi connectivity index (χ1n) is 8.61. The molecule has 154 valence electrons. The van der Waals surface area contributed by atoms with Crippen LogP contribution in [0.4, 0.5) is 18.9 Å². The van der Waals surface area contributed by atoms with Crippen molar-refractivity contribution in [3.05, 3.63) is 58.9 Å². The van der Waals surface area contributed by atoms with Crippen LogP contribution in [-0.2, 0) is 6.18 Å². The van der Waals surface area contributed by atoms with Gasteiger partial charge in [0.2, 0.25) is 5.82 Å². The predicted octanol–water partition coefficient (Wildman–Crippen LogP) is 4.44. The minimum atomic E-state index is -4.71. The van der Waals surface area contributed by atoms with Crippen molar-refractivity contribution in [1.29, 1.82) is 0 Å². The van der Waals surface area contributed by atoms with E-state index in [1.807, 2.05) is 6.92 Å². The van der Waals surface area contributed by atoms with Crippen LogP contribution in [0.5, 0.6) is 5.75 Å². The first-order valence-corrected chi connectivity index (χ1v) is 9.49. The summed E-state index contributed by atoms with van der Waals surface area (Å²) in [6, 6.07) is 9.37. The molecule has 4 aromatic rings. The Balaban J connectivity index is 1.77. The van der Waals surface area contributed by atoms with E-state index in [-0.39, 0.29) is 11.5 Å². The Bertz CT molecular complexity index is 1240. The summed E-state index contributed by atoms with van der Waals surface area (Å²) in [5.41, 5.74) is 0.237. The van der Waals surface area contributed by atoms with Crippen LogP contribution in [0.25, 0.3) is 16.3 Å². The second kappa shape index (κ2) is 7.41. The van der Waals surface area contributed by atoms with E-state index in [4.69, 9.17) is 4.74 Å². The molecule has 0 unspecified atom stereocenters. The number of alkyl halides is 3. The van der Waals surface area contributed by atoms with Crippen molar-refractivity contribution in [2.75, 3.05) is 12.4 Å². The Morgan fingerprint density at radius 1 is 1.20 bits per heavy atom. The molecule has 0 fully saturated rings. The van der Waals surface area contributed by atoms with Gasteiger partial charge in [0, 0.05) is 0 Å². The smallest absolute Gasteiger partial charge is 0.433 e. The zero-order valence-corrected chi connectivity index (χ0v) is 16.5. The van der Waals surface area contributed by atoms with E-state index in [0.29, 0.717) is 20.8 Å². The monoisotopic (exact) mass is 433 g/mol. The summed E-state index contributed by atoms with van der Waals surface area (Å²) in [7, 11) is 1.44. The van der Waals surface area contributed by atoms with Gasteiger partial charge in [-0.2, -0.15) is 22.7 Å². The number of methoxy groups -OCH3 is 1. The highest BCUT2D eigenvalue weighted by atomic mass is 32.1. The quantitative estimate of drug-likeness (QED) is 0.515. The number of carbonyl (C=O) groups is 1. The van der Waals surface area contributed by atoms with E-state index in [2.05, 4.69) is 20.4 Å². The van der Waals surface area contributed by atoms with Gasteiger partial charge in [-0.25, -0.2) is 4.98 Å². The molecule has 4 rings (SSSR count). The summed E-state index contributed by atoms with van der Waals surface area (Å²) in [5.74, 6) is -1.16. The van der Waals surface area contributed by atoms with Gasteiger partial charge in [-0.05, 0) is 42.1 Å². The summed E-state index contributed by atoms with van der Waals surface area (Å²) >= 11 is 1.24. The number of hydrogen-bond donors (Lipinski definition) is 1. The van der Waals surface area contributed by atoms with Crippen LogP contribution in [0.3, 0.4) is 0 Å². The first-order chi connectivity index (χ1) is 14.3. The van der Waals surface area contributed by atoms with Crippen LogP contribution in [0.15, 0.2) is 41.8 Å². The van der Waals surface area contributed by atoms with Gasteiger partial charge in [-0.15, -0.1) is 16.4 Å². The highest BCUT2D eigenvalue weighted by molar-refractivity contribution is 7.13. The molecule has 7 nitrogen and oxygen atoms in total. The van der Waals surface area contributed by atoms with Gasteiger partial charge in [0.15, 0.2) is 5.69 Å². The fraction of sp³-hybridized carbons (Fsp3) is 0.158. The number of nitrogens with zero attached hydrogens (tertiary/aromatic N) is 4. The van der Waals surface area contributed by atoms with Gasteiger partial charge in [-0.1, -0.05) is 12.1 Å². The normalized spacial score (nSPS) is 11.6. The molecule has 1 N–H and O–H groups in total. The lowest BCUT2D eigenvalue weighted by Gasteiger charge is -2.10. The number of aryl methyl sites for hydroxylation is 1. The van der Waals surface area contributed by atoms with E-state index >= 15 is 0 Å². The lowest BCUT2D eigenvalue weighted by Crippen LogP contribution is -2.16. The summed E-state index contributed by atoms with van der Waals surface area (Å²) in [4.78, 5) is 21.2. The van der Waals surface area contributed by atoms with Crippen LogP contribution in [0.1, 0.15) is 21.9 Å². The SMILES string of the molecule is COc1ccc(C)cc1NC(=O)c1nc2nc(-c3cccs3)cc(C(F)(F)F)n2n1. The fourth-order valence-electron chi connectivity index (χ4n) is 2.81. The molecule has 0 aliphatic rings. The van der Waals surface area contributed by atoms with Gasteiger partial charge < -0.3 is 10.1 Å². The number of benzene rings is 1. The summed E-state index contributed by atoms with van der Waals surface area (Å²) in [5, 5.41) is 8.05. The van der Waals surface area contributed by atoms with Crippen molar-refractivity contribution in [3.63, 3.8) is 0 Å².